The normalized spacial score (nSPS) is 13.7. The molecule has 0 atom stereocenters. The molecule has 1 aliphatic rings. The van der Waals surface area contributed by atoms with Crippen molar-refractivity contribution in [3.63, 3.8) is 0 Å². The Kier molecular flexibility index (Phi) is 5.50. The highest BCUT2D eigenvalue weighted by Gasteiger charge is 2.30. The summed E-state index contributed by atoms with van der Waals surface area (Å²) in [5.41, 5.74) is 1.01. The molecule has 8 heteroatoms. The van der Waals surface area contributed by atoms with Gasteiger partial charge in [-0.05, 0) is 42.7 Å². The Morgan fingerprint density at radius 3 is 2.78 bits per heavy atom. The van der Waals surface area contributed by atoms with Gasteiger partial charge in [0.15, 0.2) is 5.16 Å². The van der Waals surface area contributed by atoms with Crippen LogP contribution in [0.25, 0.3) is 0 Å². The predicted molar refractivity (Wildman–Crippen MR) is 104 cm³/mol. The molecule has 1 saturated carbocycles. The third-order valence-corrected chi connectivity index (χ3v) is 5.54. The molecule has 2 aromatic heterocycles. The zero-order valence-corrected chi connectivity index (χ0v) is 16.2. The second kappa shape index (κ2) is 8.19. The maximum Gasteiger partial charge on any atom is 0.230 e. The van der Waals surface area contributed by atoms with E-state index in [2.05, 4.69) is 20.1 Å². The molecule has 140 valence electrons. The fourth-order valence-electron chi connectivity index (χ4n) is 2.74. The standard InChI is InChI=1S/C19H19ClN4O2S/c20-15-7-3-13(4-8-15)10-21-17(25)12-27-19-23-22-18(14-5-6-14)24(19)11-16-2-1-9-26-16/h1-4,7-9,14H,5-6,10-12H2,(H,21,25). The van der Waals surface area contributed by atoms with Crippen LogP contribution in [0.2, 0.25) is 5.02 Å². The number of rotatable bonds is 8. The van der Waals surface area contributed by atoms with Gasteiger partial charge in [0.25, 0.3) is 0 Å². The third-order valence-electron chi connectivity index (χ3n) is 4.32. The largest absolute Gasteiger partial charge is 0.467 e. The van der Waals surface area contributed by atoms with E-state index in [-0.39, 0.29) is 11.7 Å². The molecule has 6 nitrogen and oxygen atoms in total. The van der Waals surface area contributed by atoms with Gasteiger partial charge in [-0.15, -0.1) is 10.2 Å². The quantitative estimate of drug-likeness (QED) is 0.579. The first-order valence-electron chi connectivity index (χ1n) is 8.78. The molecule has 0 spiro atoms. The summed E-state index contributed by atoms with van der Waals surface area (Å²) in [5.74, 6) is 2.55. The average Bonchev–Trinajstić information content (AvgIpc) is 3.24. The molecule has 2 heterocycles. The Labute approximate surface area is 166 Å². The van der Waals surface area contributed by atoms with Gasteiger partial charge in [-0.25, -0.2) is 0 Å². The first-order valence-corrected chi connectivity index (χ1v) is 10.1. The Hall–Kier alpha value is -2.25. The lowest BCUT2D eigenvalue weighted by Gasteiger charge is -2.08. The summed E-state index contributed by atoms with van der Waals surface area (Å²) in [4.78, 5) is 12.2. The van der Waals surface area contributed by atoms with Crippen LogP contribution in [0.15, 0.2) is 52.2 Å². The molecule has 1 amide bonds. The van der Waals surface area contributed by atoms with E-state index in [0.29, 0.717) is 24.0 Å². The Balaban J connectivity index is 1.36. The molecule has 27 heavy (non-hydrogen) atoms. The SMILES string of the molecule is O=C(CSc1nnc(C2CC2)n1Cc1ccco1)NCc1ccc(Cl)cc1. The van der Waals surface area contributed by atoms with Crippen molar-refractivity contribution in [2.75, 3.05) is 5.75 Å². The Bertz CT molecular complexity index is 904. The van der Waals surface area contributed by atoms with Crippen LogP contribution in [0.4, 0.5) is 0 Å². The summed E-state index contributed by atoms with van der Waals surface area (Å²) in [6, 6.07) is 11.2. The topological polar surface area (TPSA) is 73.0 Å². The van der Waals surface area contributed by atoms with Gasteiger partial charge in [0, 0.05) is 17.5 Å². The van der Waals surface area contributed by atoms with Crippen LogP contribution in [0.1, 0.15) is 35.9 Å². The molecule has 1 aliphatic carbocycles. The summed E-state index contributed by atoms with van der Waals surface area (Å²) in [5, 5.41) is 13.0. The minimum absolute atomic E-state index is 0.0459. The molecule has 0 saturated heterocycles. The van der Waals surface area contributed by atoms with E-state index in [1.165, 1.54) is 11.8 Å². The third kappa shape index (κ3) is 4.73. The molecule has 0 unspecified atom stereocenters. The molecule has 1 N–H and O–H groups in total. The van der Waals surface area contributed by atoms with Crippen LogP contribution in [-0.4, -0.2) is 26.4 Å². The number of carbonyl (C=O) groups is 1. The van der Waals surface area contributed by atoms with Gasteiger partial charge in [-0.3, -0.25) is 9.36 Å². The van der Waals surface area contributed by atoms with Crippen molar-refractivity contribution in [2.24, 2.45) is 0 Å². The molecule has 0 bridgehead atoms. The van der Waals surface area contributed by atoms with Gasteiger partial charge < -0.3 is 9.73 Å². The first-order chi connectivity index (χ1) is 13.2. The summed E-state index contributed by atoms with van der Waals surface area (Å²) in [6.45, 7) is 1.06. The van der Waals surface area contributed by atoms with Crippen molar-refractivity contribution in [1.29, 1.82) is 0 Å². The number of aromatic nitrogens is 3. The van der Waals surface area contributed by atoms with E-state index in [1.54, 1.807) is 6.26 Å². The predicted octanol–water partition coefficient (Wildman–Crippen LogP) is 3.86. The monoisotopic (exact) mass is 402 g/mol. The number of benzene rings is 1. The van der Waals surface area contributed by atoms with Crippen LogP contribution in [0.3, 0.4) is 0 Å². The van der Waals surface area contributed by atoms with E-state index in [4.69, 9.17) is 16.0 Å². The summed E-state index contributed by atoms with van der Waals surface area (Å²) in [7, 11) is 0. The maximum absolute atomic E-state index is 12.2. The van der Waals surface area contributed by atoms with Crippen LogP contribution in [-0.2, 0) is 17.9 Å². The second-order valence-electron chi connectivity index (χ2n) is 6.47. The van der Waals surface area contributed by atoms with Gasteiger partial charge in [0.2, 0.25) is 5.91 Å². The van der Waals surface area contributed by atoms with Gasteiger partial charge in [-0.1, -0.05) is 35.5 Å². The number of nitrogens with zero attached hydrogens (tertiary/aromatic N) is 3. The second-order valence-corrected chi connectivity index (χ2v) is 7.85. The lowest BCUT2D eigenvalue weighted by Crippen LogP contribution is -2.24. The van der Waals surface area contributed by atoms with E-state index >= 15 is 0 Å². The van der Waals surface area contributed by atoms with E-state index in [0.717, 1.165) is 35.1 Å². The minimum atomic E-state index is -0.0459. The van der Waals surface area contributed by atoms with Crippen molar-refractivity contribution in [3.05, 3.63) is 64.8 Å². The maximum atomic E-state index is 12.2. The highest BCUT2D eigenvalue weighted by molar-refractivity contribution is 7.99. The van der Waals surface area contributed by atoms with E-state index in [9.17, 15) is 4.79 Å². The van der Waals surface area contributed by atoms with E-state index < -0.39 is 0 Å². The van der Waals surface area contributed by atoms with Gasteiger partial charge in [0.05, 0.1) is 18.6 Å². The van der Waals surface area contributed by atoms with Crippen molar-refractivity contribution >= 4 is 29.3 Å². The lowest BCUT2D eigenvalue weighted by atomic mass is 10.2. The average molecular weight is 403 g/mol. The fraction of sp³-hybridized carbons (Fsp3) is 0.316. The Morgan fingerprint density at radius 1 is 1.26 bits per heavy atom. The number of hydrogen-bond donors (Lipinski definition) is 1. The van der Waals surface area contributed by atoms with Crippen LogP contribution < -0.4 is 5.32 Å². The molecule has 0 radical (unpaired) electrons. The van der Waals surface area contributed by atoms with Crippen LogP contribution in [0.5, 0.6) is 0 Å². The zero-order valence-electron chi connectivity index (χ0n) is 14.6. The van der Waals surface area contributed by atoms with Gasteiger partial charge in [0.1, 0.15) is 11.6 Å². The van der Waals surface area contributed by atoms with Crippen molar-refractivity contribution in [3.8, 4) is 0 Å². The van der Waals surface area contributed by atoms with Crippen LogP contribution in [0, 0.1) is 0 Å². The number of halogens is 1. The number of furan rings is 1. The molecular weight excluding hydrogens is 384 g/mol. The molecule has 4 rings (SSSR count). The smallest absolute Gasteiger partial charge is 0.230 e. The van der Waals surface area contributed by atoms with Crippen molar-refractivity contribution < 1.29 is 9.21 Å². The molecule has 0 aliphatic heterocycles. The Morgan fingerprint density at radius 2 is 2.07 bits per heavy atom. The molecule has 3 aromatic rings. The summed E-state index contributed by atoms with van der Waals surface area (Å²) < 4.78 is 7.53. The molecule has 1 fully saturated rings. The van der Waals surface area contributed by atoms with Crippen molar-refractivity contribution in [2.45, 2.75) is 37.0 Å². The number of carbonyl (C=O) groups excluding carboxylic acids is 1. The first kappa shape index (κ1) is 18.1. The minimum Gasteiger partial charge on any atom is -0.467 e. The van der Waals surface area contributed by atoms with Gasteiger partial charge in [-0.2, -0.15) is 0 Å². The molecule has 1 aromatic carbocycles. The van der Waals surface area contributed by atoms with Gasteiger partial charge >= 0.3 is 0 Å². The fourth-order valence-corrected chi connectivity index (χ4v) is 3.64. The van der Waals surface area contributed by atoms with E-state index in [1.807, 2.05) is 36.4 Å². The summed E-state index contributed by atoms with van der Waals surface area (Å²) >= 11 is 7.27. The highest BCUT2D eigenvalue weighted by atomic mass is 35.5. The lowest BCUT2D eigenvalue weighted by molar-refractivity contribution is -0.118. The number of amides is 1. The van der Waals surface area contributed by atoms with Crippen LogP contribution >= 0.6 is 23.4 Å². The number of thioether (sulfide) groups is 1. The number of nitrogens with one attached hydrogen (secondary N) is 1. The summed E-state index contributed by atoms with van der Waals surface area (Å²) in [6.07, 6.45) is 3.94. The molecular formula is C19H19ClN4O2S. The van der Waals surface area contributed by atoms with Crippen molar-refractivity contribution in [1.82, 2.24) is 20.1 Å². The zero-order chi connectivity index (χ0) is 18.6. The highest BCUT2D eigenvalue weighted by Crippen LogP contribution is 2.40. The number of hydrogen-bond acceptors (Lipinski definition) is 5.